The van der Waals surface area contributed by atoms with Gasteiger partial charge in [-0.1, -0.05) is 0 Å². The molecule has 1 aliphatic rings. The molecule has 1 aliphatic heterocycles. The second-order valence-corrected chi connectivity index (χ2v) is 7.75. The van der Waals surface area contributed by atoms with Crippen molar-refractivity contribution in [2.45, 2.75) is 19.8 Å². The van der Waals surface area contributed by atoms with E-state index in [0.717, 1.165) is 36.4 Å². The Balaban J connectivity index is 1.42. The van der Waals surface area contributed by atoms with E-state index in [9.17, 15) is 9.18 Å². The smallest absolute Gasteiger partial charge is 0.272 e. The van der Waals surface area contributed by atoms with Crippen LogP contribution in [0.2, 0.25) is 0 Å². The molecule has 0 saturated carbocycles. The maximum absolute atomic E-state index is 13.2. The van der Waals surface area contributed by atoms with E-state index in [-0.39, 0.29) is 17.6 Å². The van der Waals surface area contributed by atoms with E-state index in [1.54, 1.807) is 36.1 Å². The van der Waals surface area contributed by atoms with Crippen LogP contribution in [-0.4, -0.2) is 45.3 Å². The van der Waals surface area contributed by atoms with Crippen molar-refractivity contribution >= 4 is 5.91 Å². The average Bonchev–Trinajstić information content (AvgIpc) is 3.14. The van der Waals surface area contributed by atoms with Crippen molar-refractivity contribution in [3.63, 3.8) is 0 Å². The van der Waals surface area contributed by atoms with Crippen molar-refractivity contribution in [1.82, 2.24) is 19.7 Å². The third kappa shape index (κ3) is 4.50. The Morgan fingerprint density at radius 2 is 2.03 bits per heavy atom. The fourth-order valence-corrected chi connectivity index (χ4v) is 3.80. The van der Waals surface area contributed by atoms with Crippen LogP contribution in [0.3, 0.4) is 0 Å². The summed E-state index contributed by atoms with van der Waals surface area (Å²) in [4.78, 5) is 19.2. The number of benzene rings is 1. The van der Waals surface area contributed by atoms with Crippen molar-refractivity contribution in [2.75, 3.05) is 19.7 Å². The van der Waals surface area contributed by atoms with Gasteiger partial charge in [-0.25, -0.2) is 4.39 Å². The van der Waals surface area contributed by atoms with E-state index in [1.807, 2.05) is 24.0 Å². The molecular weight excluding hydrogens is 383 g/mol. The van der Waals surface area contributed by atoms with Gasteiger partial charge in [0.05, 0.1) is 12.3 Å². The van der Waals surface area contributed by atoms with Crippen LogP contribution in [0.15, 0.2) is 48.7 Å². The number of rotatable bonds is 5. The monoisotopic (exact) mass is 408 g/mol. The molecule has 0 N–H and O–H groups in total. The Labute approximate surface area is 175 Å². The Kier molecular flexibility index (Phi) is 5.79. The lowest BCUT2D eigenvalue weighted by Gasteiger charge is -2.32. The number of pyridine rings is 1. The number of hydrogen-bond acceptors (Lipinski definition) is 4. The maximum Gasteiger partial charge on any atom is 0.272 e. The van der Waals surface area contributed by atoms with E-state index < -0.39 is 0 Å². The van der Waals surface area contributed by atoms with Gasteiger partial charge in [0.15, 0.2) is 0 Å². The highest BCUT2D eigenvalue weighted by Gasteiger charge is 2.27. The molecule has 1 atom stereocenters. The molecule has 3 heterocycles. The number of halogens is 1. The van der Waals surface area contributed by atoms with Crippen molar-refractivity contribution in [2.24, 2.45) is 13.0 Å². The molecule has 0 spiro atoms. The zero-order valence-electron chi connectivity index (χ0n) is 17.2. The summed E-state index contributed by atoms with van der Waals surface area (Å²) in [5.74, 6) is 0.750. The fourth-order valence-electron chi connectivity index (χ4n) is 3.80. The molecule has 2 aromatic heterocycles. The van der Waals surface area contributed by atoms with Crippen LogP contribution in [0.1, 0.15) is 29.0 Å². The first-order valence-electron chi connectivity index (χ1n) is 10.1. The molecule has 6 nitrogen and oxygen atoms in total. The molecule has 156 valence electrons. The van der Waals surface area contributed by atoms with Gasteiger partial charge in [0.2, 0.25) is 0 Å². The predicted molar refractivity (Wildman–Crippen MR) is 112 cm³/mol. The van der Waals surface area contributed by atoms with Gasteiger partial charge in [0, 0.05) is 49.6 Å². The van der Waals surface area contributed by atoms with Gasteiger partial charge < -0.3 is 9.64 Å². The minimum absolute atomic E-state index is 0.0391. The minimum atomic E-state index is -0.297. The summed E-state index contributed by atoms with van der Waals surface area (Å²) in [6.45, 7) is 3.88. The van der Waals surface area contributed by atoms with E-state index in [1.165, 1.54) is 12.1 Å². The summed E-state index contributed by atoms with van der Waals surface area (Å²) in [6, 6.07) is 11.7. The number of piperidine rings is 1. The van der Waals surface area contributed by atoms with Gasteiger partial charge in [-0.15, -0.1) is 0 Å². The highest BCUT2D eigenvalue weighted by Crippen LogP contribution is 2.23. The molecular formula is C23H25FN4O2. The van der Waals surface area contributed by atoms with Crippen LogP contribution >= 0.6 is 0 Å². The number of likely N-dealkylation sites (tertiary alicyclic amines) is 1. The SMILES string of the molecule is Cc1cc(OCC2CCCN(C(=O)c3cc(-c4ccc(F)cc4)nn3C)C2)ccn1. The quantitative estimate of drug-likeness (QED) is 0.643. The highest BCUT2D eigenvalue weighted by atomic mass is 19.1. The van der Waals surface area contributed by atoms with Crippen LogP contribution in [0.4, 0.5) is 4.39 Å². The summed E-state index contributed by atoms with van der Waals surface area (Å²) in [6.07, 6.45) is 3.71. The van der Waals surface area contributed by atoms with Crippen molar-refractivity contribution < 1.29 is 13.9 Å². The highest BCUT2D eigenvalue weighted by molar-refractivity contribution is 5.93. The third-order valence-electron chi connectivity index (χ3n) is 5.40. The number of aromatic nitrogens is 3. The second kappa shape index (κ2) is 8.65. The van der Waals surface area contributed by atoms with E-state index >= 15 is 0 Å². The number of nitrogens with zero attached hydrogens (tertiary/aromatic N) is 4. The molecule has 1 amide bonds. The van der Waals surface area contributed by atoms with E-state index in [4.69, 9.17) is 4.74 Å². The first kappa shape index (κ1) is 20.1. The first-order chi connectivity index (χ1) is 14.5. The van der Waals surface area contributed by atoms with Gasteiger partial charge in [0.25, 0.3) is 5.91 Å². The van der Waals surface area contributed by atoms with Crippen LogP contribution < -0.4 is 4.74 Å². The molecule has 0 aliphatic carbocycles. The molecule has 7 heteroatoms. The van der Waals surface area contributed by atoms with Gasteiger partial charge in [-0.05, 0) is 56.2 Å². The summed E-state index contributed by atoms with van der Waals surface area (Å²) in [7, 11) is 1.76. The van der Waals surface area contributed by atoms with Crippen molar-refractivity contribution in [3.05, 3.63) is 65.9 Å². The molecule has 0 radical (unpaired) electrons. The zero-order chi connectivity index (χ0) is 21.1. The maximum atomic E-state index is 13.2. The molecule has 1 fully saturated rings. The molecule has 1 aromatic carbocycles. The predicted octanol–water partition coefficient (Wildman–Crippen LogP) is 3.86. The molecule has 1 unspecified atom stereocenters. The first-order valence-corrected chi connectivity index (χ1v) is 10.1. The number of hydrogen-bond donors (Lipinski definition) is 0. The largest absolute Gasteiger partial charge is 0.493 e. The molecule has 4 rings (SSSR count). The number of carbonyl (C=O) groups is 1. The van der Waals surface area contributed by atoms with Crippen LogP contribution in [0.5, 0.6) is 5.75 Å². The molecule has 0 bridgehead atoms. The number of ether oxygens (including phenoxy) is 1. The molecule has 3 aromatic rings. The normalized spacial score (nSPS) is 16.5. The summed E-state index contributed by atoms with van der Waals surface area (Å²) in [5, 5.41) is 4.45. The van der Waals surface area contributed by atoms with Crippen molar-refractivity contribution in [3.8, 4) is 17.0 Å². The number of aryl methyl sites for hydroxylation is 2. The van der Waals surface area contributed by atoms with Gasteiger partial charge >= 0.3 is 0 Å². The Bertz CT molecular complexity index is 1030. The van der Waals surface area contributed by atoms with Crippen LogP contribution in [-0.2, 0) is 7.05 Å². The summed E-state index contributed by atoms with van der Waals surface area (Å²) < 4.78 is 20.7. The van der Waals surface area contributed by atoms with Gasteiger partial charge in [0.1, 0.15) is 17.3 Å². The number of carbonyl (C=O) groups excluding carboxylic acids is 1. The lowest BCUT2D eigenvalue weighted by atomic mass is 9.98. The van der Waals surface area contributed by atoms with Crippen LogP contribution in [0.25, 0.3) is 11.3 Å². The molecule has 30 heavy (non-hydrogen) atoms. The summed E-state index contributed by atoms with van der Waals surface area (Å²) in [5.41, 5.74) is 2.89. The topological polar surface area (TPSA) is 60.2 Å². The van der Waals surface area contributed by atoms with E-state index in [0.29, 0.717) is 24.5 Å². The minimum Gasteiger partial charge on any atom is -0.493 e. The molecule has 1 saturated heterocycles. The van der Waals surface area contributed by atoms with E-state index in [2.05, 4.69) is 10.1 Å². The number of amides is 1. The standard InChI is InChI=1S/C23H25FN4O2/c1-16-12-20(9-10-25-16)30-15-17-4-3-11-28(14-17)23(29)22-13-21(26-27(22)2)18-5-7-19(24)8-6-18/h5-10,12-13,17H,3-4,11,14-15H2,1-2H3. The zero-order valence-corrected chi connectivity index (χ0v) is 17.2. The second-order valence-electron chi connectivity index (χ2n) is 7.75. The Hall–Kier alpha value is -3.22. The lowest BCUT2D eigenvalue weighted by molar-refractivity contribution is 0.0622. The lowest BCUT2D eigenvalue weighted by Crippen LogP contribution is -2.42. The summed E-state index contributed by atoms with van der Waals surface area (Å²) >= 11 is 0. The fraction of sp³-hybridized carbons (Fsp3) is 0.348. The third-order valence-corrected chi connectivity index (χ3v) is 5.40. The van der Waals surface area contributed by atoms with Crippen LogP contribution in [0, 0.1) is 18.7 Å². The van der Waals surface area contributed by atoms with Gasteiger partial charge in [-0.3, -0.25) is 14.5 Å². The Morgan fingerprint density at radius 3 is 2.80 bits per heavy atom. The van der Waals surface area contributed by atoms with Gasteiger partial charge in [-0.2, -0.15) is 5.10 Å². The Morgan fingerprint density at radius 1 is 1.23 bits per heavy atom. The van der Waals surface area contributed by atoms with Crippen molar-refractivity contribution in [1.29, 1.82) is 0 Å². The average molecular weight is 408 g/mol.